The first-order chi connectivity index (χ1) is 15.2. The fourth-order valence-electron chi connectivity index (χ4n) is 4.64. The summed E-state index contributed by atoms with van der Waals surface area (Å²) in [5.74, 6) is -0.258. The fraction of sp³-hybridized carbons (Fsp3) is 0.565. The maximum atomic E-state index is 13.3. The number of aliphatic hydroxyl groups is 1. The second kappa shape index (κ2) is 9.23. The van der Waals surface area contributed by atoms with Crippen molar-refractivity contribution < 1.29 is 27.8 Å². The average molecular weight is 451 g/mol. The number of urea groups is 1. The van der Waals surface area contributed by atoms with Crippen LogP contribution in [0.4, 0.5) is 18.0 Å². The predicted octanol–water partition coefficient (Wildman–Crippen LogP) is 3.67. The van der Waals surface area contributed by atoms with Crippen LogP contribution in [0.5, 0.6) is 0 Å². The van der Waals surface area contributed by atoms with Crippen molar-refractivity contribution in [3.05, 3.63) is 47.2 Å². The van der Waals surface area contributed by atoms with E-state index in [0.29, 0.717) is 44.5 Å². The van der Waals surface area contributed by atoms with Crippen LogP contribution >= 0.6 is 0 Å². The number of hydrogen-bond acceptors (Lipinski definition) is 4. The number of methoxy groups -OCH3 is 1. The van der Waals surface area contributed by atoms with Crippen LogP contribution in [0.15, 0.2) is 41.0 Å². The van der Waals surface area contributed by atoms with Crippen LogP contribution in [0.25, 0.3) is 0 Å². The molecule has 2 amide bonds. The number of ether oxygens (including phenoxy) is 1. The zero-order valence-corrected chi connectivity index (χ0v) is 18.0. The third-order valence-corrected chi connectivity index (χ3v) is 6.41. The lowest BCUT2D eigenvalue weighted by Gasteiger charge is -2.44. The Balaban J connectivity index is 1.56. The van der Waals surface area contributed by atoms with E-state index in [9.17, 15) is 23.1 Å². The highest BCUT2D eigenvalue weighted by atomic mass is 19.4. The number of piperidine rings is 1. The summed E-state index contributed by atoms with van der Waals surface area (Å²) in [6.45, 7) is 1.98. The normalized spacial score (nSPS) is 24.3. The molecule has 2 saturated heterocycles. The first-order valence-corrected chi connectivity index (χ1v) is 10.9. The number of halogens is 3. The fourth-order valence-corrected chi connectivity index (χ4v) is 4.64. The summed E-state index contributed by atoms with van der Waals surface area (Å²) in [6, 6.07) is 5.22. The summed E-state index contributed by atoms with van der Waals surface area (Å²) < 4.78 is 44.9. The van der Waals surface area contributed by atoms with Gasteiger partial charge >= 0.3 is 12.2 Å². The first kappa shape index (κ1) is 22.8. The van der Waals surface area contributed by atoms with Gasteiger partial charge in [-0.05, 0) is 18.1 Å². The summed E-state index contributed by atoms with van der Waals surface area (Å²) in [4.78, 5) is 21.0. The largest absolute Gasteiger partial charge is 0.416 e. The molecule has 3 heterocycles. The molecular formula is C23H28F3N3O3. The van der Waals surface area contributed by atoms with Crippen LogP contribution in [0.3, 0.4) is 0 Å². The van der Waals surface area contributed by atoms with Gasteiger partial charge in [0.05, 0.1) is 31.4 Å². The quantitative estimate of drug-likeness (QED) is 0.743. The van der Waals surface area contributed by atoms with Crippen molar-refractivity contribution >= 4 is 11.7 Å². The minimum atomic E-state index is -4.41. The van der Waals surface area contributed by atoms with Crippen molar-refractivity contribution in [1.82, 2.24) is 9.80 Å². The summed E-state index contributed by atoms with van der Waals surface area (Å²) in [7, 11) is 1.64. The van der Waals surface area contributed by atoms with Gasteiger partial charge < -0.3 is 19.6 Å². The molecule has 32 heavy (non-hydrogen) atoms. The molecule has 0 aromatic heterocycles. The van der Waals surface area contributed by atoms with Crippen LogP contribution in [-0.4, -0.2) is 72.6 Å². The Kier molecular flexibility index (Phi) is 6.57. The van der Waals surface area contributed by atoms with Gasteiger partial charge in [-0.25, -0.2) is 4.79 Å². The molecule has 6 nitrogen and oxygen atoms in total. The Hall–Kier alpha value is -2.39. The molecule has 2 fully saturated rings. The van der Waals surface area contributed by atoms with Crippen molar-refractivity contribution in [1.29, 1.82) is 0 Å². The zero-order valence-electron chi connectivity index (χ0n) is 18.0. The van der Waals surface area contributed by atoms with E-state index in [2.05, 4.69) is 6.08 Å². The van der Waals surface area contributed by atoms with E-state index in [4.69, 9.17) is 9.73 Å². The van der Waals surface area contributed by atoms with Gasteiger partial charge in [0.2, 0.25) is 0 Å². The third-order valence-electron chi connectivity index (χ3n) is 6.41. The highest BCUT2D eigenvalue weighted by Gasteiger charge is 2.39. The Bertz CT molecular complexity index is 909. The van der Waals surface area contributed by atoms with Crippen LogP contribution in [0, 0.1) is 5.92 Å². The Morgan fingerprint density at radius 3 is 2.59 bits per heavy atom. The van der Waals surface area contributed by atoms with Gasteiger partial charge in [-0.3, -0.25) is 4.99 Å². The zero-order chi connectivity index (χ0) is 22.9. The first-order valence-electron chi connectivity index (χ1n) is 10.9. The molecule has 1 aromatic carbocycles. The number of β-amino-alcohol motifs (C(OH)–C–C–N with tert-alkyl or cyclic N) is 1. The number of rotatable bonds is 5. The molecule has 0 bridgehead atoms. The molecular weight excluding hydrogens is 423 g/mol. The van der Waals surface area contributed by atoms with Gasteiger partial charge in [0, 0.05) is 56.3 Å². The number of carbonyl (C=O) groups excluding carboxylic acids is 1. The molecule has 0 aliphatic carbocycles. The van der Waals surface area contributed by atoms with E-state index in [1.807, 2.05) is 0 Å². The minimum absolute atomic E-state index is 0.0327. The van der Waals surface area contributed by atoms with E-state index >= 15 is 0 Å². The second-order valence-electron chi connectivity index (χ2n) is 8.74. The highest BCUT2D eigenvalue weighted by Crippen LogP contribution is 2.37. The molecule has 1 N–H and O–H groups in total. The Morgan fingerprint density at radius 1 is 1.19 bits per heavy atom. The van der Waals surface area contributed by atoms with Gasteiger partial charge in [-0.1, -0.05) is 24.3 Å². The number of nitrogens with zero attached hydrogens (tertiary/aromatic N) is 3. The third kappa shape index (κ3) is 4.99. The number of allylic oxidation sites excluding steroid dienone is 1. The van der Waals surface area contributed by atoms with Crippen LogP contribution in [0.2, 0.25) is 0 Å². The number of carbonyl (C=O) groups is 1. The lowest BCUT2D eigenvalue weighted by Crippen LogP contribution is -2.59. The van der Waals surface area contributed by atoms with Gasteiger partial charge in [-0.2, -0.15) is 13.2 Å². The van der Waals surface area contributed by atoms with Gasteiger partial charge in [0.15, 0.2) is 0 Å². The smallest absolute Gasteiger partial charge is 0.389 e. The molecule has 1 aromatic rings. The molecule has 0 spiro atoms. The number of benzene rings is 1. The number of alkyl halides is 3. The van der Waals surface area contributed by atoms with E-state index in [1.165, 1.54) is 12.1 Å². The van der Waals surface area contributed by atoms with Crippen molar-refractivity contribution in [2.75, 3.05) is 39.9 Å². The lowest BCUT2D eigenvalue weighted by atomic mass is 9.81. The van der Waals surface area contributed by atoms with Crippen molar-refractivity contribution in [3.8, 4) is 0 Å². The summed E-state index contributed by atoms with van der Waals surface area (Å²) >= 11 is 0. The standard InChI is InChI=1S/C23H28F3N3O3/c1-32-8-7-19-5-6-21(27-19)17-9-16(15-3-2-4-18(10-15)23(24,25)26)11-28(12-17)22(31)29-13-20(30)14-29/h2-5,10,16-17,20,30H,6-9,11-14H2,1H3. The van der Waals surface area contributed by atoms with Gasteiger partial charge in [0.25, 0.3) is 0 Å². The minimum Gasteiger partial charge on any atom is -0.389 e. The van der Waals surface area contributed by atoms with E-state index in [1.54, 1.807) is 23.0 Å². The van der Waals surface area contributed by atoms with Crippen LogP contribution < -0.4 is 0 Å². The maximum Gasteiger partial charge on any atom is 0.416 e. The molecule has 2 atom stereocenters. The molecule has 174 valence electrons. The van der Waals surface area contributed by atoms with E-state index in [-0.39, 0.29) is 31.0 Å². The number of likely N-dealkylation sites (tertiary alicyclic amines) is 2. The van der Waals surface area contributed by atoms with E-state index in [0.717, 1.165) is 17.5 Å². The van der Waals surface area contributed by atoms with Crippen LogP contribution in [-0.2, 0) is 10.9 Å². The SMILES string of the molecule is COCCC1=CCC(C2CC(c3cccc(C(F)(F)F)c3)CN(C(=O)N3CC(O)C3)C2)=N1. The molecule has 3 aliphatic rings. The number of aliphatic imine (C=N–C) groups is 1. The van der Waals surface area contributed by atoms with Crippen molar-refractivity contribution in [2.45, 2.75) is 37.5 Å². The predicted molar refractivity (Wildman–Crippen MR) is 113 cm³/mol. The maximum absolute atomic E-state index is 13.3. The van der Waals surface area contributed by atoms with Gasteiger partial charge in [-0.15, -0.1) is 0 Å². The monoisotopic (exact) mass is 451 g/mol. The molecule has 4 rings (SSSR count). The van der Waals surface area contributed by atoms with Crippen molar-refractivity contribution in [2.24, 2.45) is 10.9 Å². The topological polar surface area (TPSA) is 65.4 Å². The highest BCUT2D eigenvalue weighted by molar-refractivity contribution is 5.91. The second-order valence-corrected chi connectivity index (χ2v) is 8.74. The average Bonchev–Trinajstić information content (AvgIpc) is 3.23. The molecule has 2 unspecified atom stereocenters. The summed E-state index contributed by atoms with van der Waals surface area (Å²) in [5.41, 5.74) is 1.82. The molecule has 0 saturated carbocycles. The summed E-state index contributed by atoms with van der Waals surface area (Å²) in [6.07, 6.45) is -0.839. The number of hydrogen-bond donors (Lipinski definition) is 1. The van der Waals surface area contributed by atoms with Gasteiger partial charge in [0.1, 0.15) is 0 Å². The Morgan fingerprint density at radius 2 is 1.91 bits per heavy atom. The van der Waals surface area contributed by atoms with E-state index < -0.39 is 17.8 Å². The van der Waals surface area contributed by atoms with Crippen molar-refractivity contribution in [3.63, 3.8) is 0 Å². The number of aliphatic hydroxyl groups excluding tert-OH is 1. The van der Waals surface area contributed by atoms with Crippen LogP contribution in [0.1, 0.15) is 36.3 Å². The Labute approximate surface area is 185 Å². The molecule has 9 heteroatoms. The number of amides is 2. The lowest BCUT2D eigenvalue weighted by molar-refractivity contribution is -0.137. The summed E-state index contributed by atoms with van der Waals surface area (Å²) in [5, 5.41) is 9.57. The molecule has 0 radical (unpaired) electrons. The molecule has 3 aliphatic heterocycles.